The van der Waals surface area contributed by atoms with E-state index in [0.29, 0.717) is 24.3 Å². The van der Waals surface area contributed by atoms with Gasteiger partial charge in [-0.05, 0) is 30.7 Å². The van der Waals surface area contributed by atoms with E-state index in [1.54, 1.807) is 12.1 Å². The molecule has 0 aliphatic carbocycles. The van der Waals surface area contributed by atoms with Gasteiger partial charge in [0.1, 0.15) is 0 Å². The summed E-state index contributed by atoms with van der Waals surface area (Å²) in [5.41, 5.74) is 1.77. The number of rotatable bonds is 2. The smallest absolute Gasteiger partial charge is 0.151 e. The highest BCUT2D eigenvalue weighted by Crippen LogP contribution is 2.11. The molecule has 4 nitrogen and oxygen atoms in total. The topological polar surface area (TPSA) is 61.2 Å². The Balaban J connectivity index is 1.99. The zero-order chi connectivity index (χ0) is 13.0. The summed E-state index contributed by atoms with van der Waals surface area (Å²) in [6, 6.07) is 9.53. The second kappa shape index (κ2) is 5.51. The minimum atomic E-state index is -2.84. The maximum absolute atomic E-state index is 11.5. The number of hydrogen-bond donors (Lipinski definition) is 0. The first-order valence-electron chi connectivity index (χ1n) is 6.01. The van der Waals surface area contributed by atoms with Gasteiger partial charge in [0, 0.05) is 13.1 Å². The predicted octanol–water partition coefficient (Wildman–Crippen LogP) is 1.18. The third-order valence-corrected chi connectivity index (χ3v) is 4.85. The Morgan fingerprint density at radius 2 is 1.89 bits per heavy atom. The number of benzene rings is 1. The van der Waals surface area contributed by atoms with E-state index < -0.39 is 9.84 Å². The first kappa shape index (κ1) is 13.1. The lowest BCUT2D eigenvalue weighted by molar-refractivity contribution is 0.287. The van der Waals surface area contributed by atoms with E-state index in [-0.39, 0.29) is 5.75 Å². The molecule has 0 N–H and O–H groups in total. The Morgan fingerprint density at radius 1 is 1.17 bits per heavy atom. The van der Waals surface area contributed by atoms with Crippen molar-refractivity contribution < 1.29 is 8.42 Å². The molecule has 0 amide bonds. The van der Waals surface area contributed by atoms with Gasteiger partial charge >= 0.3 is 0 Å². The maximum atomic E-state index is 11.5. The van der Waals surface area contributed by atoms with Crippen LogP contribution in [0.2, 0.25) is 0 Å². The van der Waals surface area contributed by atoms with Crippen LogP contribution in [0.5, 0.6) is 0 Å². The van der Waals surface area contributed by atoms with E-state index in [2.05, 4.69) is 11.0 Å². The Bertz CT molecular complexity index is 543. The second-order valence-corrected chi connectivity index (χ2v) is 6.89. The molecule has 1 fully saturated rings. The van der Waals surface area contributed by atoms with Crippen molar-refractivity contribution in [2.45, 2.75) is 13.0 Å². The molecule has 2 rings (SSSR count). The minimum absolute atomic E-state index is 0.253. The Morgan fingerprint density at radius 3 is 2.56 bits per heavy atom. The van der Waals surface area contributed by atoms with Gasteiger partial charge in [-0.15, -0.1) is 0 Å². The van der Waals surface area contributed by atoms with Gasteiger partial charge in [-0.25, -0.2) is 8.42 Å². The summed E-state index contributed by atoms with van der Waals surface area (Å²) in [6.45, 7) is 2.17. The standard InChI is InChI=1S/C13H16N2O2S/c14-10-12-2-4-13(5-3-12)11-15-6-1-8-18(16,17)9-7-15/h2-5H,1,6-9,11H2. The molecule has 1 aromatic rings. The predicted molar refractivity (Wildman–Crippen MR) is 69.7 cm³/mol. The molecule has 0 aromatic heterocycles. The summed E-state index contributed by atoms with van der Waals surface area (Å²) < 4.78 is 23.0. The van der Waals surface area contributed by atoms with Crippen LogP contribution in [0.15, 0.2) is 24.3 Å². The molecule has 96 valence electrons. The van der Waals surface area contributed by atoms with Gasteiger partial charge < -0.3 is 0 Å². The molecule has 0 bridgehead atoms. The van der Waals surface area contributed by atoms with Crippen molar-refractivity contribution in [2.75, 3.05) is 24.6 Å². The fraction of sp³-hybridized carbons (Fsp3) is 0.462. The summed E-state index contributed by atoms with van der Waals surface area (Å²) in [5, 5.41) is 8.72. The van der Waals surface area contributed by atoms with Crippen LogP contribution in [0.1, 0.15) is 17.5 Å². The van der Waals surface area contributed by atoms with Gasteiger partial charge in [0.05, 0.1) is 23.1 Å². The van der Waals surface area contributed by atoms with Crippen molar-refractivity contribution in [1.82, 2.24) is 4.90 Å². The van der Waals surface area contributed by atoms with Gasteiger partial charge in [-0.1, -0.05) is 12.1 Å². The molecule has 0 saturated carbocycles. The van der Waals surface area contributed by atoms with Gasteiger partial charge in [0.15, 0.2) is 9.84 Å². The highest BCUT2D eigenvalue weighted by Gasteiger charge is 2.18. The van der Waals surface area contributed by atoms with E-state index in [0.717, 1.165) is 18.7 Å². The van der Waals surface area contributed by atoms with Gasteiger partial charge in [-0.3, -0.25) is 4.90 Å². The summed E-state index contributed by atoms with van der Waals surface area (Å²) >= 11 is 0. The summed E-state index contributed by atoms with van der Waals surface area (Å²) in [6.07, 6.45) is 0.707. The first-order valence-corrected chi connectivity index (χ1v) is 7.83. The summed E-state index contributed by atoms with van der Waals surface area (Å²) in [7, 11) is -2.84. The molecular weight excluding hydrogens is 248 g/mol. The molecule has 1 aromatic carbocycles. The Kier molecular flexibility index (Phi) is 4.00. The van der Waals surface area contributed by atoms with Crippen molar-refractivity contribution in [3.63, 3.8) is 0 Å². The number of sulfone groups is 1. The first-order chi connectivity index (χ1) is 8.59. The monoisotopic (exact) mass is 264 g/mol. The second-order valence-electron chi connectivity index (χ2n) is 4.59. The molecule has 0 unspecified atom stereocenters. The van der Waals surface area contributed by atoms with E-state index >= 15 is 0 Å². The molecule has 5 heteroatoms. The van der Waals surface area contributed by atoms with Crippen LogP contribution < -0.4 is 0 Å². The van der Waals surface area contributed by atoms with Crippen molar-refractivity contribution in [3.8, 4) is 6.07 Å². The molecule has 0 radical (unpaired) electrons. The van der Waals surface area contributed by atoms with Crippen molar-refractivity contribution in [3.05, 3.63) is 35.4 Å². The molecule has 1 heterocycles. The van der Waals surface area contributed by atoms with Crippen LogP contribution in [-0.4, -0.2) is 37.9 Å². The van der Waals surface area contributed by atoms with Gasteiger partial charge in [0.25, 0.3) is 0 Å². The largest absolute Gasteiger partial charge is 0.298 e. The Labute approximate surface area is 108 Å². The van der Waals surface area contributed by atoms with Crippen LogP contribution >= 0.6 is 0 Å². The summed E-state index contributed by atoms with van der Waals surface area (Å²) in [5.74, 6) is 0.556. The van der Waals surface area contributed by atoms with Gasteiger partial charge in [-0.2, -0.15) is 5.26 Å². The lowest BCUT2D eigenvalue weighted by Gasteiger charge is -2.19. The zero-order valence-electron chi connectivity index (χ0n) is 10.2. The lowest BCUT2D eigenvalue weighted by Crippen LogP contribution is -2.26. The molecule has 0 atom stereocenters. The van der Waals surface area contributed by atoms with Crippen LogP contribution in [-0.2, 0) is 16.4 Å². The lowest BCUT2D eigenvalue weighted by atomic mass is 10.1. The average Bonchev–Trinajstić information content (AvgIpc) is 2.52. The highest BCUT2D eigenvalue weighted by atomic mass is 32.2. The van der Waals surface area contributed by atoms with Crippen molar-refractivity contribution in [2.24, 2.45) is 0 Å². The maximum Gasteiger partial charge on any atom is 0.151 e. The third-order valence-electron chi connectivity index (χ3n) is 3.14. The van der Waals surface area contributed by atoms with Crippen molar-refractivity contribution >= 4 is 9.84 Å². The van der Waals surface area contributed by atoms with E-state index in [4.69, 9.17) is 5.26 Å². The molecular formula is C13H16N2O2S. The molecule has 1 saturated heterocycles. The molecule has 1 aliphatic heterocycles. The number of nitrogens with zero attached hydrogens (tertiary/aromatic N) is 2. The van der Waals surface area contributed by atoms with Crippen LogP contribution in [0.4, 0.5) is 0 Å². The van der Waals surface area contributed by atoms with E-state index in [1.807, 2.05) is 12.1 Å². The Hall–Kier alpha value is -1.38. The summed E-state index contributed by atoms with van der Waals surface area (Å²) in [4.78, 5) is 2.16. The molecule has 1 aliphatic rings. The minimum Gasteiger partial charge on any atom is -0.298 e. The fourth-order valence-electron chi connectivity index (χ4n) is 2.09. The molecule has 0 spiro atoms. The van der Waals surface area contributed by atoms with E-state index in [1.165, 1.54) is 0 Å². The van der Waals surface area contributed by atoms with Gasteiger partial charge in [0.2, 0.25) is 0 Å². The van der Waals surface area contributed by atoms with Crippen LogP contribution in [0.25, 0.3) is 0 Å². The fourth-order valence-corrected chi connectivity index (χ4v) is 3.40. The average molecular weight is 264 g/mol. The highest BCUT2D eigenvalue weighted by molar-refractivity contribution is 7.91. The van der Waals surface area contributed by atoms with Crippen molar-refractivity contribution in [1.29, 1.82) is 5.26 Å². The third kappa shape index (κ3) is 3.56. The zero-order valence-corrected chi connectivity index (χ0v) is 11.0. The molecule has 18 heavy (non-hydrogen) atoms. The normalized spacial score (nSPS) is 19.9. The quantitative estimate of drug-likeness (QED) is 0.804. The number of nitriles is 1. The van der Waals surface area contributed by atoms with Crippen LogP contribution in [0.3, 0.4) is 0 Å². The van der Waals surface area contributed by atoms with Crippen LogP contribution in [0, 0.1) is 11.3 Å². The number of hydrogen-bond acceptors (Lipinski definition) is 4. The van der Waals surface area contributed by atoms with E-state index in [9.17, 15) is 8.42 Å². The SMILES string of the molecule is N#Cc1ccc(CN2CCCS(=O)(=O)CC2)cc1.